The van der Waals surface area contributed by atoms with Gasteiger partial charge in [0.2, 0.25) is 17.7 Å². The highest BCUT2D eigenvalue weighted by atomic mass is 16.2. The first kappa shape index (κ1) is 26.4. The van der Waals surface area contributed by atoms with Crippen molar-refractivity contribution in [3.8, 4) is 0 Å². The van der Waals surface area contributed by atoms with E-state index in [1.807, 2.05) is 66.2 Å². The van der Waals surface area contributed by atoms with Crippen LogP contribution < -0.4 is 4.90 Å². The van der Waals surface area contributed by atoms with Gasteiger partial charge in [0.1, 0.15) is 0 Å². The summed E-state index contributed by atoms with van der Waals surface area (Å²) in [5.74, 6) is -0.0251. The smallest absolute Gasteiger partial charge is 0.229 e. The second-order valence-electron chi connectivity index (χ2n) is 11.3. The minimum absolute atomic E-state index is 0.0160. The fourth-order valence-corrected chi connectivity index (χ4v) is 6.22. The van der Waals surface area contributed by atoms with E-state index in [-0.39, 0.29) is 35.6 Å². The van der Waals surface area contributed by atoms with E-state index in [1.54, 1.807) is 11.8 Å². The van der Waals surface area contributed by atoms with Crippen LogP contribution in [0.5, 0.6) is 0 Å². The van der Waals surface area contributed by atoms with E-state index < -0.39 is 0 Å². The number of anilines is 1. The zero-order valence-corrected chi connectivity index (χ0v) is 22.8. The second kappa shape index (κ2) is 11.2. The van der Waals surface area contributed by atoms with Gasteiger partial charge in [-0.3, -0.25) is 24.3 Å². The molecule has 2 aromatic rings. The summed E-state index contributed by atoms with van der Waals surface area (Å²) in [6.45, 7) is 8.84. The van der Waals surface area contributed by atoms with E-state index in [9.17, 15) is 14.4 Å². The summed E-state index contributed by atoms with van der Waals surface area (Å²) in [5, 5.41) is 0. The molecule has 5 rings (SSSR count). The molecule has 3 amide bonds. The predicted molar refractivity (Wildman–Crippen MR) is 146 cm³/mol. The molecule has 8 nitrogen and oxygen atoms in total. The van der Waals surface area contributed by atoms with Crippen molar-refractivity contribution in [2.75, 3.05) is 31.1 Å². The van der Waals surface area contributed by atoms with Gasteiger partial charge < -0.3 is 14.7 Å². The maximum Gasteiger partial charge on any atom is 0.229 e. The Morgan fingerprint density at radius 1 is 0.921 bits per heavy atom. The normalized spacial score (nSPS) is 22.6. The van der Waals surface area contributed by atoms with Crippen LogP contribution in [0.2, 0.25) is 0 Å². The van der Waals surface area contributed by atoms with Crippen LogP contribution in [0.15, 0.2) is 48.7 Å². The monoisotopic (exact) mass is 517 g/mol. The topological polar surface area (TPSA) is 77.1 Å². The van der Waals surface area contributed by atoms with Crippen LogP contribution in [0, 0.1) is 11.8 Å². The molecule has 3 aliphatic heterocycles. The molecular weight excluding hydrogens is 478 g/mol. The number of carbonyl (C=O) groups excluding carboxylic acids is 3. The molecule has 2 saturated heterocycles. The zero-order chi connectivity index (χ0) is 26.8. The molecule has 0 saturated carbocycles. The van der Waals surface area contributed by atoms with Crippen LogP contribution in [0.3, 0.4) is 0 Å². The molecule has 2 atom stereocenters. The van der Waals surface area contributed by atoms with Crippen LogP contribution in [-0.2, 0) is 27.5 Å². The molecule has 0 aliphatic carbocycles. The van der Waals surface area contributed by atoms with E-state index in [2.05, 4.69) is 16.0 Å². The lowest BCUT2D eigenvalue weighted by Crippen LogP contribution is -2.58. The average Bonchev–Trinajstić information content (AvgIpc) is 3.23. The van der Waals surface area contributed by atoms with Crippen LogP contribution in [0.25, 0.3) is 0 Å². The number of pyridine rings is 1. The quantitative estimate of drug-likeness (QED) is 0.622. The summed E-state index contributed by atoms with van der Waals surface area (Å²) in [6.07, 6.45) is 4.74. The highest BCUT2D eigenvalue weighted by Gasteiger charge is 2.41. The van der Waals surface area contributed by atoms with Crippen molar-refractivity contribution in [2.24, 2.45) is 11.8 Å². The fourth-order valence-electron chi connectivity index (χ4n) is 6.22. The predicted octanol–water partition coefficient (Wildman–Crippen LogP) is 3.31. The van der Waals surface area contributed by atoms with E-state index in [1.165, 1.54) is 0 Å². The lowest BCUT2D eigenvalue weighted by atomic mass is 9.95. The van der Waals surface area contributed by atoms with Crippen molar-refractivity contribution in [1.29, 1.82) is 0 Å². The van der Waals surface area contributed by atoms with Crippen LogP contribution >= 0.6 is 0 Å². The maximum atomic E-state index is 13.9. The Morgan fingerprint density at radius 2 is 1.66 bits per heavy atom. The first-order chi connectivity index (χ1) is 18.3. The van der Waals surface area contributed by atoms with Gasteiger partial charge in [0.05, 0.1) is 11.6 Å². The summed E-state index contributed by atoms with van der Waals surface area (Å²) in [7, 11) is 0. The highest BCUT2D eigenvalue weighted by molar-refractivity contribution is 5.92. The Balaban J connectivity index is 1.45. The number of aromatic nitrogens is 1. The lowest BCUT2D eigenvalue weighted by Gasteiger charge is -2.42. The lowest BCUT2D eigenvalue weighted by molar-refractivity contribution is -0.151. The number of hydrogen-bond donors (Lipinski definition) is 0. The van der Waals surface area contributed by atoms with Gasteiger partial charge in [0.15, 0.2) is 0 Å². The van der Waals surface area contributed by atoms with Crippen LogP contribution in [0.1, 0.15) is 51.3 Å². The SMILES string of the molecule is CC(=O)N1CC[C@@H]2CC[C@H](CN(C(=O)C3CN(C(=O)C(C)C)C3)Cc3ccccc31)N2Cc1ccccn1. The van der Waals surface area contributed by atoms with Crippen molar-refractivity contribution in [3.05, 3.63) is 59.9 Å². The number of benzene rings is 1. The van der Waals surface area contributed by atoms with Gasteiger partial charge in [-0.2, -0.15) is 0 Å². The number of hydrogen-bond acceptors (Lipinski definition) is 5. The van der Waals surface area contributed by atoms with Crippen LogP contribution in [-0.4, -0.2) is 75.7 Å². The molecule has 0 spiro atoms. The molecule has 202 valence electrons. The molecule has 3 aliphatic rings. The third kappa shape index (κ3) is 5.46. The summed E-state index contributed by atoms with van der Waals surface area (Å²) in [6, 6.07) is 14.5. The minimum Gasteiger partial charge on any atom is -0.341 e. The largest absolute Gasteiger partial charge is 0.341 e. The Kier molecular flexibility index (Phi) is 7.79. The molecule has 2 fully saturated rings. The van der Waals surface area contributed by atoms with E-state index in [4.69, 9.17) is 0 Å². The standard InChI is InChI=1S/C30H39N5O3/c1-21(2)29(37)32-17-24(18-32)30(38)33-16-23-8-4-5-10-28(23)34(22(3)36)15-13-26-11-12-27(20-33)35(26)19-25-9-6-7-14-31-25/h4-10,14,21,24,26-27H,11-13,15-20H2,1-3H3/t26-,27+/m0/s1. The van der Waals surface area contributed by atoms with Gasteiger partial charge >= 0.3 is 0 Å². The zero-order valence-electron chi connectivity index (χ0n) is 22.8. The summed E-state index contributed by atoms with van der Waals surface area (Å²) >= 11 is 0. The Labute approximate surface area is 225 Å². The molecule has 38 heavy (non-hydrogen) atoms. The Morgan fingerprint density at radius 3 is 2.37 bits per heavy atom. The molecule has 1 aromatic carbocycles. The number of para-hydroxylation sites is 1. The van der Waals surface area contributed by atoms with Crippen molar-refractivity contribution >= 4 is 23.4 Å². The van der Waals surface area contributed by atoms with Crippen molar-refractivity contribution < 1.29 is 14.4 Å². The number of amides is 3. The van der Waals surface area contributed by atoms with Crippen molar-refractivity contribution in [3.63, 3.8) is 0 Å². The number of carbonyl (C=O) groups is 3. The van der Waals surface area contributed by atoms with Crippen molar-refractivity contribution in [2.45, 2.75) is 65.2 Å². The third-order valence-electron chi connectivity index (χ3n) is 8.33. The molecule has 4 heterocycles. The second-order valence-corrected chi connectivity index (χ2v) is 11.3. The first-order valence-corrected chi connectivity index (χ1v) is 13.9. The van der Waals surface area contributed by atoms with Gasteiger partial charge in [-0.05, 0) is 43.0 Å². The minimum atomic E-state index is -0.180. The molecule has 2 bridgehead atoms. The summed E-state index contributed by atoms with van der Waals surface area (Å²) in [4.78, 5) is 51.9. The molecule has 0 N–H and O–H groups in total. The number of rotatable bonds is 4. The number of fused-ring (bicyclic) bond motifs is 3. The van der Waals surface area contributed by atoms with Gasteiger partial charge in [-0.1, -0.05) is 38.1 Å². The van der Waals surface area contributed by atoms with Crippen LogP contribution in [0.4, 0.5) is 5.69 Å². The molecule has 8 heteroatoms. The summed E-state index contributed by atoms with van der Waals surface area (Å²) < 4.78 is 0. The first-order valence-electron chi connectivity index (χ1n) is 13.9. The highest BCUT2D eigenvalue weighted by Crippen LogP contribution is 2.33. The Bertz CT molecular complexity index is 1160. The number of nitrogens with zero attached hydrogens (tertiary/aromatic N) is 5. The average molecular weight is 518 g/mol. The molecule has 0 radical (unpaired) electrons. The number of likely N-dealkylation sites (tertiary alicyclic amines) is 1. The van der Waals surface area contributed by atoms with E-state index in [0.717, 1.165) is 42.8 Å². The van der Waals surface area contributed by atoms with Gasteiger partial charge in [0, 0.05) is 76.1 Å². The Hall–Kier alpha value is -3.26. The van der Waals surface area contributed by atoms with E-state index >= 15 is 0 Å². The molecule has 0 unspecified atom stereocenters. The van der Waals surface area contributed by atoms with E-state index in [0.29, 0.717) is 38.8 Å². The fraction of sp³-hybridized carbons (Fsp3) is 0.533. The van der Waals surface area contributed by atoms with Gasteiger partial charge in [0.25, 0.3) is 0 Å². The molecular formula is C30H39N5O3. The van der Waals surface area contributed by atoms with Gasteiger partial charge in [-0.15, -0.1) is 0 Å². The summed E-state index contributed by atoms with van der Waals surface area (Å²) in [5.41, 5.74) is 2.89. The third-order valence-corrected chi connectivity index (χ3v) is 8.33. The maximum absolute atomic E-state index is 13.9. The van der Waals surface area contributed by atoms with Gasteiger partial charge in [-0.25, -0.2) is 0 Å². The molecule has 1 aromatic heterocycles. The van der Waals surface area contributed by atoms with Crippen molar-refractivity contribution in [1.82, 2.24) is 19.7 Å².